The van der Waals surface area contributed by atoms with Crippen LogP contribution in [0.2, 0.25) is 0 Å². The van der Waals surface area contributed by atoms with Crippen molar-refractivity contribution in [1.82, 2.24) is 9.78 Å². The number of nitrogens with zero attached hydrogens (tertiary/aromatic N) is 4. The third-order valence-corrected chi connectivity index (χ3v) is 11.0. The van der Waals surface area contributed by atoms with E-state index in [1.165, 1.54) is 6.07 Å². The zero-order chi connectivity index (χ0) is 32.0. The fourth-order valence-electron chi connectivity index (χ4n) is 9.27. The Morgan fingerprint density at radius 3 is 2.38 bits per heavy atom. The molecule has 230 valence electrons. The highest BCUT2D eigenvalue weighted by Gasteiger charge is 2.86. The number of alkyl halides is 3. The second-order valence-corrected chi connectivity index (χ2v) is 13.0. The van der Waals surface area contributed by atoms with E-state index in [2.05, 4.69) is 77.5 Å². The van der Waals surface area contributed by atoms with Gasteiger partial charge in [0.15, 0.2) is 17.4 Å². The van der Waals surface area contributed by atoms with Crippen LogP contribution in [0.4, 0.5) is 13.2 Å². The van der Waals surface area contributed by atoms with Crippen molar-refractivity contribution in [1.29, 1.82) is 0 Å². The first kappa shape index (κ1) is 26.9. The Kier molecular flexibility index (Phi) is 4.90. The Morgan fingerprint density at radius 2 is 1.60 bits per heavy atom. The molecule has 5 nitrogen and oxygen atoms in total. The molecular formula is C39H29F3N4O+2. The fraction of sp³-hybridized carbons (Fsp3) is 0.205. The first-order valence-electron chi connectivity index (χ1n) is 16.1. The summed E-state index contributed by atoms with van der Waals surface area (Å²) in [5, 5.41) is 7.60. The number of rotatable bonds is 2. The standard InChI is InChI=1S/C39H29F3N4O/c1-4-37-36(38(37,5-2)46-28(21-32(43-46)39(40,41)42)27-15-10-11-19-44(27)37)35-25-17-18-31-34(24-13-7-9-16-30(24)47-31)33(25)29-20-22(3)23-12-6-8-14-26(23)45(29)35/h6-21H,4-5H2,1-3H3/q+2/b36-35+. The summed E-state index contributed by atoms with van der Waals surface area (Å²) in [6.45, 7) is 6.36. The van der Waals surface area contributed by atoms with Gasteiger partial charge in [0.05, 0.1) is 11.1 Å². The molecule has 10 rings (SSSR count). The molecule has 1 saturated carbocycles. The van der Waals surface area contributed by atoms with Crippen LogP contribution in [-0.2, 0) is 17.3 Å². The van der Waals surface area contributed by atoms with Gasteiger partial charge in [0, 0.05) is 52.9 Å². The molecule has 0 amide bonds. The number of aryl methyl sites for hydroxylation is 1. The maximum absolute atomic E-state index is 14.3. The molecule has 2 unspecified atom stereocenters. The first-order chi connectivity index (χ1) is 22.8. The van der Waals surface area contributed by atoms with Crippen LogP contribution in [0.5, 0.6) is 0 Å². The van der Waals surface area contributed by atoms with Gasteiger partial charge in [0.1, 0.15) is 22.4 Å². The van der Waals surface area contributed by atoms with E-state index in [-0.39, 0.29) is 0 Å². The predicted octanol–water partition coefficient (Wildman–Crippen LogP) is 8.68. The van der Waals surface area contributed by atoms with Crippen LogP contribution in [0.25, 0.3) is 61.2 Å². The fourth-order valence-corrected chi connectivity index (χ4v) is 9.27. The van der Waals surface area contributed by atoms with E-state index < -0.39 is 22.9 Å². The van der Waals surface area contributed by atoms with Crippen molar-refractivity contribution in [2.45, 2.75) is 50.9 Å². The van der Waals surface area contributed by atoms with E-state index in [1.54, 1.807) is 4.68 Å². The van der Waals surface area contributed by atoms with Gasteiger partial charge in [-0.05, 0) is 49.2 Å². The van der Waals surface area contributed by atoms with Crippen molar-refractivity contribution in [2.24, 2.45) is 0 Å². The number of pyridine rings is 2. The molecule has 3 aliphatic rings. The number of aromatic nitrogens is 4. The van der Waals surface area contributed by atoms with Crippen LogP contribution in [-0.4, -0.2) is 9.78 Å². The Hall–Kier alpha value is -5.24. The summed E-state index contributed by atoms with van der Waals surface area (Å²) in [6.07, 6.45) is -1.30. The highest BCUT2D eigenvalue weighted by atomic mass is 19.4. The number of fused-ring (bicyclic) bond motifs is 15. The van der Waals surface area contributed by atoms with E-state index in [4.69, 9.17) is 4.42 Å². The first-order valence-corrected chi connectivity index (χ1v) is 16.1. The normalized spacial score (nSPS) is 22.3. The summed E-state index contributed by atoms with van der Waals surface area (Å²) < 4.78 is 55.7. The number of para-hydroxylation sites is 2. The molecule has 2 atom stereocenters. The van der Waals surface area contributed by atoms with Gasteiger partial charge in [-0.3, -0.25) is 0 Å². The smallest absolute Gasteiger partial charge is 0.435 e. The zero-order valence-corrected chi connectivity index (χ0v) is 26.0. The van der Waals surface area contributed by atoms with Gasteiger partial charge >= 0.3 is 6.18 Å². The number of allylic oxidation sites excluding steroid dienone is 1. The lowest BCUT2D eigenvalue weighted by Crippen LogP contribution is -2.56. The number of hydrogen-bond acceptors (Lipinski definition) is 2. The molecule has 1 fully saturated rings. The summed E-state index contributed by atoms with van der Waals surface area (Å²) in [5.41, 5.74) is 7.99. The van der Waals surface area contributed by atoms with Crippen LogP contribution in [0.15, 0.2) is 107 Å². The highest BCUT2D eigenvalue weighted by molar-refractivity contribution is 6.15. The SMILES string of the molecule is CCC12/C(=C3\c4ccc5oc6ccccc6c5c4-c4cc(C)c5ccccc5[n+]43)C1(CC)[n+]1ccccc1-c1cc(C(F)(F)F)nn12. The van der Waals surface area contributed by atoms with Gasteiger partial charge in [-0.25, -0.2) is 4.68 Å². The largest absolute Gasteiger partial charge is 0.456 e. The summed E-state index contributed by atoms with van der Waals surface area (Å²) in [4.78, 5) is 0. The van der Waals surface area contributed by atoms with Crippen molar-refractivity contribution >= 4 is 38.5 Å². The van der Waals surface area contributed by atoms with E-state index in [9.17, 15) is 13.2 Å². The minimum absolute atomic E-state index is 0.480. The summed E-state index contributed by atoms with van der Waals surface area (Å²) >= 11 is 0. The summed E-state index contributed by atoms with van der Waals surface area (Å²) in [6, 6.07) is 29.9. The average molecular weight is 627 g/mol. The summed E-state index contributed by atoms with van der Waals surface area (Å²) in [7, 11) is 0. The monoisotopic (exact) mass is 626 g/mol. The van der Waals surface area contributed by atoms with Gasteiger partial charge in [-0.1, -0.05) is 44.2 Å². The maximum atomic E-state index is 14.3. The van der Waals surface area contributed by atoms with Gasteiger partial charge < -0.3 is 4.42 Å². The molecule has 3 aromatic carbocycles. The van der Waals surface area contributed by atoms with Crippen LogP contribution in [0.3, 0.4) is 0 Å². The minimum atomic E-state index is -4.57. The molecule has 0 N–H and O–H groups in total. The summed E-state index contributed by atoms with van der Waals surface area (Å²) in [5.74, 6) is 0. The third-order valence-electron chi connectivity index (χ3n) is 11.0. The Balaban J connectivity index is 1.43. The highest BCUT2D eigenvalue weighted by Crippen LogP contribution is 2.71. The molecule has 6 heterocycles. The number of halogens is 3. The Morgan fingerprint density at radius 1 is 0.830 bits per heavy atom. The second-order valence-electron chi connectivity index (χ2n) is 13.0. The van der Waals surface area contributed by atoms with E-state index >= 15 is 0 Å². The van der Waals surface area contributed by atoms with Crippen LogP contribution < -0.4 is 9.13 Å². The van der Waals surface area contributed by atoms with Gasteiger partial charge in [-0.2, -0.15) is 27.4 Å². The van der Waals surface area contributed by atoms with Gasteiger partial charge in [0.25, 0.3) is 0 Å². The lowest BCUT2D eigenvalue weighted by Gasteiger charge is -2.26. The lowest BCUT2D eigenvalue weighted by atomic mass is 9.97. The molecular weight excluding hydrogens is 597 g/mol. The number of furan rings is 1. The maximum Gasteiger partial charge on any atom is 0.435 e. The molecule has 0 bridgehead atoms. The van der Waals surface area contributed by atoms with E-state index in [0.29, 0.717) is 18.5 Å². The molecule has 0 saturated heterocycles. The van der Waals surface area contributed by atoms with Crippen LogP contribution in [0, 0.1) is 6.92 Å². The van der Waals surface area contributed by atoms with Crippen LogP contribution >= 0.6 is 0 Å². The van der Waals surface area contributed by atoms with Gasteiger partial charge in [-0.15, -0.1) is 0 Å². The zero-order valence-electron chi connectivity index (χ0n) is 26.0. The molecule has 0 radical (unpaired) electrons. The average Bonchev–Trinajstić information content (AvgIpc) is 3.45. The Bertz CT molecular complexity index is 2570. The molecule has 47 heavy (non-hydrogen) atoms. The Labute approximate surface area is 267 Å². The van der Waals surface area contributed by atoms with Crippen molar-refractivity contribution in [3.05, 3.63) is 120 Å². The quantitative estimate of drug-likeness (QED) is 0.180. The number of hydrogen-bond donors (Lipinski definition) is 0. The van der Waals surface area contributed by atoms with Crippen molar-refractivity contribution < 1.29 is 26.7 Å². The molecule has 0 spiro atoms. The van der Waals surface area contributed by atoms with Crippen LogP contribution in [0.1, 0.15) is 43.5 Å². The molecule has 1 aliphatic carbocycles. The van der Waals surface area contributed by atoms with Crippen molar-refractivity contribution in [3.63, 3.8) is 0 Å². The van der Waals surface area contributed by atoms with E-state index in [0.717, 1.165) is 72.2 Å². The van der Waals surface area contributed by atoms with E-state index in [1.807, 2.05) is 48.7 Å². The molecule has 2 aliphatic heterocycles. The third kappa shape index (κ3) is 2.96. The molecule has 8 heteroatoms. The topological polar surface area (TPSA) is 38.7 Å². The van der Waals surface area contributed by atoms with Crippen molar-refractivity contribution in [2.75, 3.05) is 0 Å². The molecule has 4 aromatic heterocycles. The predicted molar refractivity (Wildman–Crippen MR) is 173 cm³/mol. The minimum Gasteiger partial charge on any atom is -0.456 e. The van der Waals surface area contributed by atoms with Gasteiger partial charge in [0.2, 0.25) is 28.1 Å². The molecule has 7 aromatic rings. The van der Waals surface area contributed by atoms with Crippen molar-refractivity contribution in [3.8, 4) is 22.6 Å². The number of benzene rings is 3. The second kappa shape index (κ2) is 8.56. The lowest BCUT2D eigenvalue weighted by molar-refractivity contribution is -0.735.